The van der Waals surface area contributed by atoms with Crippen LogP contribution < -0.4 is 5.32 Å². The third-order valence-electron chi connectivity index (χ3n) is 5.03. The standard InChI is InChI=1S/C19H27F2N3O2/c1-13(2)10-24(15-5-7-26-8-6-15)16-11-23(12-16)19(25)22-18-4-3-14(20)9-17(18)21/h3-4,9,13,15-16H,5-8,10-12H2,1-2H3,(H,22,25). The van der Waals surface area contributed by atoms with E-state index < -0.39 is 11.6 Å². The average Bonchev–Trinajstić information content (AvgIpc) is 2.55. The molecule has 144 valence electrons. The van der Waals surface area contributed by atoms with Gasteiger partial charge in [-0.3, -0.25) is 4.90 Å². The summed E-state index contributed by atoms with van der Waals surface area (Å²) in [5.74, 6) is -0.876. The van der Waals surface area contributed by atoms with Crippen LogP contribution in [0.25, 0.3) is 0 Å². The number of rotatable bonds is 5. The first-order valence-electron chi connectivity index (χ1n) is 9.28. The van der Waals surface area contributed by atoms with Gasteiger partial charge in [-0.25, -0.2) is 13.6 Å². The monoisotopic (exact) mass is 367 g/mol. The van der Waals surface area contributed by atoms with Gasteiger partial charge in [0, 0.05) is 51.0 Å². The van der Waals surface area contributed by atoms with Crippen LogP contribution in [0.15, 0.2) is 18.2 Å². The largest absolute Gasteiger partial charge is 0.381 e. The molecular formula is C19H27F2N3O2. The second-order valence-electron chi connectivity index (χ2n) is 7.55. The minimum absolute atomic E-state index is 0.00307. The molecule has 2 aliphatic heterocycles. The maximum absolute atomic E-state index is 13.7. The lowest BCUT2D eigenvalue weighted by molar-refractivity contribution is -0.0229. The van der Waals surface area contributed by atoms with E-state index in [0.717, 1.165) is 44.7 Å². The van der Waals surface area contributed by atoms with Gasteiger partial charge in [0.05, 0.1) is 5.69 Å². The number of ether oxygens (including phenoxy) is 1. The van der Waals surface area contributed by atoms with Crippen LogP contribution in [0.3, 0.4) is 0 Å². The number of hydrogen-bond donors (Lipinski definition) is 1. The number of carbonyl (C=O) groups excluding carboxylic acids is 1. The van der Waals surface area contributed by atoms with Crippen molar-refractivity contribution < 1.29 is 18.3 Å². The molecule has 3 rings (SSSR count). The molecule has 5 nitrogen and oxygen atoms in total. The molecule has 0 radical (unpaired) electrons. The number of carbonyl (C=O) groups is 1. The van der Waals surface area contributed by atoms with Crippen molar-refractivity contribution in [2.75, 3.05) is 38.2 Å². The first kappa shape index (κ1) is 19.0. The SMILES string of the molecule is CC(C)CN(C1CCOCC1)C1CN(C(=O)Nc2ccc(F)cc2F)C1. The van der Waals surface area contributed by atoms with Crippen molar-refractivity contribution in [1.82, 2.24) is 9.80 Å². The Kier molecular flexibility index (Phi) is 6.09. The number of urea groups is 1. The Morgan fingerprint density at radius 2 is 1.96 bits per heavy atom. The fourth-order valence-electron chi connectivity index (χ4n) is 3.65. The van der Waals surface area contributed by atoms with E-state index in [4.69, 9.17) is 4.74 Å². The fourth-order valence-corrected chi connectivity index (χ4v) is 3.65. The van der Waals surface area contributed by atoms with E-state index in [1.165, 1.54) is 6.07 Å². The molecule has 0 unspecified atom stereocenters. The van der Waals surface area contributed by atoms with Crippen LogP contribution in [0.5, 0.6) is 0 Å². The molecular weight excluding hydrogens is 340 g/mol. The first-order valence-corrected chi connectivity index (χ1v) is 9.28. The number of amides is 2. The van der Waals surface area contributed by atoms with Crippen LogP contribution >= 0.6 is 0 Å². The minimum Gasteiger partial charge on any atom is -0.381 e. The number of nitrogens with zero attached hydrogens (tertiary/aromatic N) is 2. The zero-order chi connectivity index (χ0) is 18.7. The van der Waals surface area contributed by atoms with E-state index in [0.29, 0.717) is 31.1 Å². The predicted molar refractivity (Wildman–Crippen MR) is 96.1 cm³/mol. The second kappa shape index (κ2) is 8.31. The van der Waals surface area contributed by atoms with E-state index in [-0.39, 0.29) is 11.7 Å². The molecule has 2 aliphatic rings. The molecule has 26 heavy (non-hydrogen) atoms. The molecule has 0 spiro atoms. The van der Waals surface area contributed by atoms with Gasteiger partial charge in [-0.1, -0.05) is 13.8 Å². The number of anilines is 1. The van der Waals surface area contributed by atoms with Crippen LogP contribution in [-0.2, 0) is 4.74 Å². The van der Waals surface area contributed by atoms with Crippen molar-refractivity contribution in [3.8, 4) is 0 Å². The van der Waals surface area contributed by atoms with E-state index in [9.17, 15) is 13.6 Å². The predicted octanol–water partition coefficient (Wildman–Crippen LogP) is 3.32. The van der Waals surface area contributed by atoms with Gasteiger partial charge < -0.3 is 15.0 Å². The zero-order valence-electron chi connectivity index (χ0n) is 15.4. The lowest BCUT2D eigenvalue weighted by Crippen LogP contribution is -2.64. The smallest absolute Gasteiger partial charge is 0.322 e. The Hall–Kier alpha value is -1.73. The van der Waals surface area contributed by atoms with Crippen molar-refractivity contribution in [2.24, 2.45) is 5.92 Å². The van der Waals surface area contributed by atoms with Gasteiger partial charge in [0.15, 0.2) is 0 Å². The summed E-state index contributed by atoms with van der Waals surface area (Å²) in [5.41, 5.74) is 0.00307. The van der Waals surface area contributed by atoms with Crippen LogP contribution in [0.4, 0.5) is 19.3 Å². The Balaban J connectivity index is 1.55. The molecule has 7 heteroatoms. The maximum atomic E-state index is 13.7. The van der Waals surface area contributed by atoms with Crippen molar-refractivity contribution in [1.29, 1.82) is 0 Å². The molecule has 2 saturated heterocycles. The van der Waals surface area contributed by atoms with Gasteiger partial charge in [-0.05, 0) is 30.9 Å². The van der Waals surface area contributed by atoms with E-state index in [1.807, 2.05) is 0 Å². The summed E-state index contributed by atoms with van der Waals surface area (Å²) in [6.07, 6.45) is 2.05. The summed E-state index contributed by atoms with van der Waals surface area (Å²) in [7, 11) is 0. The number of halogens is 2. The van der Waals surface area contributed by atoms with E-state index in [2.05, 4.69) is 24.1 Å². The minimum atomic E-state index is -0.765. The molecule has 0 atom stereocenters. The summed E-state index contributed by atoms with van der Waals surface area (Å²) in [6, 6.07) is 3.62. The van der Waals surface area contributed by atoms with Crippen LogP contribution in [0.2, 0.25) is 0 Å². The number of nitrogens with one attached hydrogen (secondary N) is 1. The van der Waals surface area contributed by atoms with Gasteiger partial charge in [-0.15, -0.1) is 0 Å². The maximum Gasteiger partial charge on any atom is 0.322 e. The van der Waals surface area contributed by atoms with Crippen LogP contribution in [-0.4, -0.2) is 60.8 Å². The lowest BCUT2D eigenvalue weighted by Gasteiger charge is -2.49. The first-order chi connectivity index (χ1) is 12.4. The molecule has 1 aromatic rings. The molecule has 0 aromatic heterocycles. The molecule has 1 N–H and O–H groups in total. The third-order valence-corrected chi connectivity index (χ3v) is 5.03. The van der Waals surface area contributed by atoms with Crippen molar-refractivity contribution >= 4 is 11.7 Å². The molecule has 2 heterocycles. The number of hydrogen-bond acceptors (Lipinski definition) is 3. The zero-order valence-corrected chi connectivity index (χ0v) is 15.4. The highest BCUT2D eigenvalue weighted by Crippen LogP contribution is 2.25. The van der Waals surface area contributed by atoms with Gasteiger partial charge in [0.1, 0.15) is 11.6 Å². The second-order valence-corrected chi connectivity index (χ2v) is 7.55. The van der Waals surface area contributed by atoms with E-state index in [1.54, 1.807) is 4.90 Å². The van der Waals surface area contributed by atoms with Gasteiger partial charge in [0.25, 0.3) is 0 Å². The highest BCUT2D eigenvalue weighted by Gasteiger charge is 2.38. The van der Waals surface area contributed by atoms with E-state index >= 15 is 0 Å². The van der Waals surface area contributed by atoms with Crippen LogP contribution in [0.1, 0.15) is 26.7 Å². The lowest BCUT2D eigenvalue weighted by atomic mass is 9.98. The average molecular weight is 367 g/mol. The summed E-state index contributed by atoms with van der Waals surface area (Å²) in [4.78, 5) is 16.5. The molecule has 0 bridgehead atoms. The molecule has 2 amide bonds. The molecule has 1 aromatic carbocycles. The van der Waals surface area contributed by atoms with Crippen LogP contribution in [0, 0.1) is 17.6 Å². The number of benzene rings is 1. The Morgan fingerprint density at radius 1 is 1.27 bits per heavy atom. The Labute approximate surface area is 153 Å². The number of likely N-dealkylation sites (tertiary alicyclic amines) is 1. The topological polar surface area (TPSA) is 44.8 Å². The quantitative estimate of drug-likeness (QED) is 0.868. The third kappa shape index (κ3) is 4.51. The molecule has 0 aliphatic carbocycles. The van der Waals surface area contributed by atoms with Gasteiger partial charge in [0.2, 0.25) is 0 Å². The fraction of sp³-hybridized carbons (Fsp3) is 0.632. The Bertz CT molecular complexity index is 629. The molecule has 0 saturated carbocycles. The van der Waals surface area contributed by atoms with Gasteiger partial charge in [-0.2, -0.15) is 0 Å². The highest BCUT2D eigenvalue weighted by molar-refractivity contribution is 5.90. The normalized spacial score (nSPS) is 19.1. The van der Waals surface area contributed by atoms with Crippen molar-refractivity contribution in [2.45, 2.75) is 38.8 Å². The highest BCUT2D eigenvalue weighted by atomic mass is 19.1. The summed E-state index contributed by atoms with van der Waals surface area (Å²) >= 11 is 0. The summed E-state index contributed by atoms with van der Waals surface area (Å²) in [5, 5.41) is 2.53. The Morgan fingerprint density at radius 3 is 2.58 bits per heavy atom. The van der Waals surface area contributed by atoms with Gasteiger partial charge >= 0.3 is 6.03 Å². The van der Waals surface area contributed by atoms with Crippen molar-refractivity contribution in [3.05, 3.63) is 29.8 Å². The summed E-state index contributed by atoms with van der Waals surface area (Å²) < 4.78 is 32.1. The summed E-state index contributed by atoms with van der Waals surface area (Å²) in [6.45, 7) is 8.23. The van der Waals surface area contributed by atoms with Crippen molar-refractivity contribution in [3.63, 3.8) is 0 Å². The molecule has 2 fully saturated rings.